The molecule has 1 aromatic carbocycles. The minimum absolute atomic E-state index is 0.103. The summed E-state index contributed by atoms with van der Waals surface area (Å²) in [6.45, 7) is -0.460. The van der Waals surface area contributed by atoms with Crippen LogP contribution in [0.25, 0.3) is 0 Å². The van der Waals surface area contributed by atoms with Gasteiger partial charge in [-0.15, -0.1) is 0 Å². The Bertz CT molecular complexity index is 411. The van der Waals surface area contributed by atoms with Gasteiger partial charge in [0.1, 0.15) is 5.82 Å². The molecule has 0 saturated heterocycles. The highest BCUT2D eigenvalue weighted by atomic mass is 79.9. The summed E-state index contributed by atoms with van der Waals surface area (Å²) in [5.41, 5.74) is 0.520. The maximum Gasteiger partial charge on any atom is 0.415 e. The van der Waals surface area contributed by atoms with Gasteiger partial charge in [-0.05, 0) is 30.8 Å². The Morgan fingerprint density at radius 3 is 2.56 bits per heavy atom. The van der Waals surface area contributed by atoms with E-state index < -0.39 is 24.6 Å². The highest BCUT2D eigenvalue weighted by molar-refractivity contribution is 9.10. The van der Waals surface area contributed by atoms with Crippen LogP contribution in [0.3, 0.4) is 0 Å². The van der Waals surface area contributed by atoms with Gasteiger partial charge in [0.2, 0.25) is 0 Å². The summed E-state index contributed by atoms with van der Waals surface area (Å²) in [7, 11) is 1.42. The van der Waals surface area contributed by atoms with Gasteiger partial charge < -0.3 is 5.11 Å². The number of rotatable bonds is 4. The van der Waals surface area contributed by atoms with Gasteiger partial charge in [0, 0.05) is 17.6 Å². The lowest BCUT2D eigenvalue weighted by Gasteiger charge is -2.22. The van der Waals surface area contributed by atoms with Gasteiger partial charge in [0.15, 0.2) is 6.10 Å². The summed E-state index contributed by atoms with van der Waals surface area (Å²) in [6.07, 6.45) is -7.05. The zero-order valence-corrected chi connectivity index (χ0v) is 11.1. The Kier molecular flexibility index (Phi) is 5.12. The van der Waals surface area contributed by atoms with Crippen molar-refractivity contribution >= 4 is 15.9 Å². The van der Waals surface area contributed by atoms with Gasteiger partial charge in [0.05, 0.1) is 0 Å². The van der Waals surface area contributed by atoms with E-state index in [1.54, 1.807) is 0 Å². The van der Waals surface area contributed by atoms with E-state index in [9.17, 15) is 17.6 Å². The molecule has 0 spiro atoms. The molecule has 102 valence electrons. The third kappa shape index (κ3) is 4.55. The third-order valence-corrected chi connectivity index (χ3v) is 3.08. The van der Waals surface area contributed by atoms with E-state index in [1.165, 1.54) is 30.1 Å². The standard InChI is InChI=1S/C11H12BrF4NO/c1-17(6-10(18)11(14,15)16)5-7-4-8(13)2-3-9(7)12/h2-4,10,18H,5-6H2,1H3. The number of hydrogen-bond acceptors (Lipinski definition) is 2. The molecular formula is C11H12BrF4NO. The van der Waals surface area contributed by atoms with Crippen molar-refractivity contribution in [3.63, 3.8) is 0 Å². The Morgan fingerprint density at radius 2 is 2.00 bits per heavy atom. The Hall–Kier alpha value is -0.660. The van der Waals surface area contributed by atoms with Crippen molar-refractivity contribution in [2.45, 2.75) is 18.8 Å². The van der Waals surface area contributed by atoms with Crippen LogP contribution in [0.2, 0.25) is 0 Å². The fourth-order valence-electron chi connectivity index (χ4n) is 1.42. The molecule has 0 fully saturated rings. The minimum Gasteiger partial charge on any atom is -0.382 e. The molecule has 1 aromatic rings. The van der Waals surface area contributed by atoms with Crippen molar-refractivity contribution in [3.8, 4) is 0 Å². The maximum absolute atomic E-state index is 13.0. The van der Waals surface area contributed by atoms with Crippen molar-refractivity contribution in [2.24, 2.45) is 0 Å². The molecule has 0 aliphatic heterocycles. The van der Waals surface area contributed by atoms with Crippen molar-refractivity contribution in [1.82, 2.24) is 4.90 Å². The fraction of sp³-hybridized carbons (Fsp3) is 0.455. The van der Waals surface area contributed by atoms with E-state index in [0.717, 1.165) is 0 Å². The highest BCUT2D eigenvalue weighted by Crippen LogP contribution is 2.22. The number of benzene rings is 1. The lowest BCUT2D eigenvalue weighted by molar-refractivity contribution is -0.207. The first-order valence-corrected chi connectivity index (χ1v) is 5.86. The van der Waals surface area contributed by atoms with Crippen LogP contribution in [0.1, 0.15) is 5.56 Å². The number of nitrogens with zero attached hydrogens (tertiary/aromatic N) is 1. The van der Waals surface area contributed by atoms with Gasteiger partial charge in [-0.1, -0.05) is 15.9 Å². The molecule has 1 atom stereocenters. The van der Waals surface area contributed by atoms with Crippen LogP contribution in [0, 0.1) is 5.82 Å². The maximum atomic E-state index is 13.0. The first-order valence-electron chi connectivity index (χ1n) is 5.07. The monoisotopic (exact) mass is 329 g/mol. The van der Waals surface area contributed by atoms with Crippen LogP contribution >= 0.6 is 15.9 Å². The number of aliphatic hydroxyl groups is 1. The van der Waals surface area contributed by atoms with Crippen molar-refractivity contribution in [3.05, 3.63) is 34.1 Å². The van der Waals surface area contributed by atoms with Crippen LogP contribution in [0.4, 0.5) is 17.6 Å². The zero-order chi connectivity index (χ0) is 13.9. The fourth-order valence-corrected chi connectivity index (χ4v) is 1.79. The van der Waals surface area contributed by atoms with E-state index >= 15 is 0 Å². The quantitative estimate of drug-likeness (QED) is 0.858. The first-order chi connectivity index (χ1) is 8.20. The smallest absolute Gasteiger partial charge is 0.382 e. The number of likely N-dealkylation sites (N-methyl/N-ethyl adjacent to an activating group) is 1. The van der Waals surface area contributed by atoms with E-state index in [2.05, 4.69) is 15.9 Å². The van der Waals surface area contributed by atoms with Crippen LogP contribution < -0.4 is 0 Å². The van der Waals surface area contributed by atoms with Crippen molar-refractivity contribution in [2.75, 3.05) is 13.6 Å². The van der Waals surface area contributed by atoms with Gasteiger partial charge in [-0.2, -0.15) is 13.2 Å². The molecule has 0 saturated carbocycles. The van der Waals surface area contributed by atoms with Gasteiger partial charge in [0.25, 0.3) is 0 Å². The van der Waals surface area contributed by atoms with Crippen LogP contribution in [-0.2, 0) is 6.54 Å². The lowest BCUT2D eigenvalue weighted by atomic mass is 10.2. The summed E-state index contributed by atoms with van der Waals surface area (Å²) in [4.78, 5) is 1.28. The second-order valence-corrected chi connectivity index (χ2v) is 4.84. The number of halogens is 5. The normalized spacial score (nSPS) is 14.0. The molecule has 1 rings (SSSR count). The van der Waals surface area contributed by atoms with Crippen LogP contribution in [0.15, 0.2) is 22.7 Å². The summed E-state index contributed by atoms with van der Waals surface area (Å²) in [5, 5.41) is 8.91. The summed E-state index contributed by atoms with van der Waals surface area (Å²) in [5.74, 6) is -0.460. The first kappa shape index (κ1) is 15.4. The average molecular weight is 330 g/mol. The highest BCUT2D eigenvalue weighted by Gasteiger charge is 2.38. The number of hydrogen-bond donors (Lipinski definition) is 1. The second kappa shape index (κ2) is 5.99. The molecule has 0 aliphatic rings. The van der Waals surface area contributed by atoms with Crippen LogP contribution in [0.5, 0.6) is 0 Å². The van der Waals surface area contributed by atoms with E-state index in [0.29, 0.717) is 10.0 Å². The molecule has 0 bridgehead atoms. The van der Waals surface area contributed by atoms with Crippen LogP contribution in [-0.4, -0.2) is 35.9 Å². The van der Waals surface area contributed by atoms with Gasteiger partial charge >= 0.3 is 6.18 Å². The largest absolute Gasteiger partial charge is 0.415 e. The molecule has 2 nitrogen and oxygen atoms in total. The average Bonchev–Trinajstić information content (AvgIpc) is 2.22. The molecule has 1 unspecified atom stereocenters. The zero-order valence-electron chi connectivity index (χ0n) is 9.51. The second-order valence-electron chi connectivity index (χ2n) is 3.99. The van der Waals surface area contributed by atoms with E-state index in [1.807, 2.05) is 0 Å². The molecule has 0 amide bonds. The third-order valence-electron chi connectivity index (χ3n) is 2.31. The predicted octanol–water partition coefficient (Wildman–Crippen LogP) is 2.94. The van der Waals surface area contributed by atoms with Gasteiger partial charge in [-0.25, -0.2) is 4.39 Å². The summed E-state index contributed by atoms with van der Waals surface area (Å²) in [6, 6.07) is 3.97. The minimum atomic E-state index is -4.65. The molecule has 0 heterocycles. The topological polar surface area (TPSA) is 23.5 Å². The molecule has 1 N–H and O–H groups in total. The lowest BCUT2D eigenvalue weighted by Crippen LogP contribution is -2.39. The molecule has 0 aliphatic carbocycles. The SMILES string of the molecule is CN(Cc1cc(F)ccc1Br)CC(O)C(F)(F)F. The number of aliphatic hydroxyl groups excluding tert-OH is 1. The molecular weight excluding hydrogens is 318 g/mol. The summed E-state index contributed by atoms with van der Waals surface area (Å²) >= 11 is 3.19. The Labute approximate surface area is 110 Å². The molecule has 7 heteroatoms. The Balaban J connectivity index is 2.65. The van der Waals surface area contributed by atoms with Gasteiger partial charge in [-0.3, -0.25) is 4.90 Å². The Morgan fingerprint density at radius 1 is 1.39 bits per heavy atom. The predicted molar refractivity (Wildman–Crippen MR) is 62.5 cm³/mol. The molecule has 0 radical (unpaired) electrons. The molecule has 18 heavy (non-hydrogen) atoms. The van der Waals surface area contributed by atoms with Crippen molar-refractivity contribution in [1.29, 1.82) is 0 Å². The van der Waals surface area contributed by atoms with Crippen molar-refractivity contribution < 1.29 is 22.7 Å². The number of alkyl halides is 3. The molecule has 0 aromatic heterocycles. The van der Waals surface area contributed by atoms with E-state index in [-0.39, 0.29) is 6.54 Å². The van der Waals surface area contributed by atoms with E-state index in [4.69, 9.17) is 5.11 Å². The summed E-state index contributed by atoms with van der Waals surface area (Å²) < 4.78 is 50.0.